The zero-order chi connectivity index (χ0) is 15.6. The first-order chi connectivity index (χ1) is 9.91. The number of aliphatic carboxylic acids is 1. The summed E-state index contributed by atoms with van der Waals surface area (Å²) in [6.07, 6.45) is 1.77. The molecule has 1 aromatic carbocycles. The summed E-state index contributed by atoms with van der Waals surface area (Å²) in [6, 6.07) is 7.64. The highest BCUT2D eigenvalue weighted by atomic mass is 16.4. The molecule has 0 aliphatic carbocycles. The quantitative estimate of drug-likeness (QED) is 0.886. The first kappa shape index (κ1) is 15.1. The number of nitrogens with one attached hydrogen (secondary N) is 1. The number of carboxylic acids is 1. The third-order valence-corrected chi connectivity index (χ3v) is 3.75. The minimum absolute atomic E-state index is 0.0321. The average molecular weight is 288 g/mol. The lowest BCUT2D eigenvalue weighted by molar-refractivity contribution is -0.142. The number of carbonyl (C=O) groups is 2. The highest BCUT2D eigenvalue weighted by Crippen LogP contribution is 2.20. The van der Waals surface area contributed by atoms with Crippen molar-refractivity contribution in [3.63, 3.8) is 0 Å². The fourth-order valence-corrected chi connectivity index (χ4v) is 2.43. The molecule has 112 valence electrons. The van der Waals surface area contributed by atoms with E-state index in [9.17, 15) is 9.59 Å². The van der Waals surface area contributed by atoms with E-state index in [-0.39, 0.29) is 18.4 Å². The number of rotatable bonds is 5. The van der Waals surface area contributed by atoms with E-state index in [0.29, 0.717) is 5.56 Å². The Hall–Kier alpha value is -2.30. The van der Waals surface area contributed by atoms with Crippen LogP contribution in [0.3, 0.4) is 0 Å². The summed E-state index contributed by atoms with van der Waals surface area (Å²) in [7, 11) is 1.88. The standard InChI is InChI=1S/C16H20N2O3/c1-10(2)12(16(20)21)8-17-15(19)13-9-18(3)14-7-5-4-6-11(13)14/h4-7,9-10,12H,8H2,1-3H3,(H,17,19)(H,20,21). The lowest BCUT2D eigenvalue weighted by Crippen LogP contribution is -2.35. The van der Waals surface area contributed by atoms with Gasteiger partial charge in [0.05, 0.1) is 11.5 Å². The fourth-order valence-electron chi connectivity index (χ4n) is 2.43. The smallest absolute Gasteiger partial charge is 0.308 e. The first-order valence-corrected chi connectivity index (χ1v) is 6.97. The molecule has 1 heterocycles. The molecule has 2 N–H and O–H groups in total. The predicted octanol–water partition coefficient (Wildman–Crippen LogP) is 2.26. The Morgan fingerprint density at radius 3 is 2.57 bits per heavy atom. The topological polar surface area (TPSA) is 71.3 Å². The van der Waals surface area contributed by atoms with Crippen LogP contribution in [0.25, 0.3) is 10.9 Å². The molecule has 0 aliphatic heterocycles. The van der Waals surface area contributed by atoms with Crippen LogP contribution in [0.15, 0.2) is 30.5 Å². The van der Waals surface area contributed by atoms with Gasteiger partial charge in [0, 0.05) is 30.7 Å². The van der Waals surface area contributed by atoms with Gasteiger partial charge < -0.3 is 15.0 Å². The maximum atomic E-state index is 12.3. The fraction of sp³-hybridized carbons (Fsp3) is 0.375. The Bertz CT molecular complexity index is 673. The van der Waals surface area contributed by atoms with Crippen molar-refractivity contribution in [2.24, 2.45) is 18.9 Å². The van der Waals surface area contributed by atoms with Crippen LogP contribution in [0.2, 0.25) is 0 Å². The Morgan fingerprint density at radius 2 is 1.95 bits per heavy atom. The van der Waals surface area contributed by atoms with Crippen molar-refractivity contribution >= 4 is 22.8 Å². The highest BCUT2D eigenvalue weighted by molar-refractivity contribution is 6.07. The van der Waals surface area contributed by atoms with Gasteiger partial charge in [0.25, 0.3) is 5.91 Å². The van der Waals surface area contributed by atoms with Gasteiger partial charge in [-0.3, -0.25) is 9.59 Å². The summed E-state index contributed by atoms with van der Waals surface area (Å²) in [4.78, 5) is 23.5. The lowest BCUT2D eigenvalue weighted by atomic mass is 9.96. The second-order valence-corrected chi connectivity index (χ2v) is 5.57. The number of hydrogen-bond acceptors (Lipinski definition) is 2. The Kier molecular flexibility index (Phi) is 4.31. The van der Waals surface area contributed by atoms with Crippen molar-refractivity contribution < 1.29 is 14.7 Å². The molecule has 0 bridgehead atoms. The van der Waals surface area contributed by atoms with Crippen molar-refractivity contribution in [3.8, 4) is 0 Å². The van der Waals surface area contributed by atoms with Gasteiger partial charge in [-0.15, -0.1) is 0 Å². The molecule has 2 rings (SSSR count). The molecule has 0 saturated heterocycles. The zero-order valence-electron chi connectivity index (χ0n) is 12.5. The lowest BCUT2D eigenvalue weighted by Gasteiger charge is -2.16. The molecule has 1 atom stereocenters. The number of amides is 1. The van der Waals surface area contributed by atoms with E-state index in [1.54, 1.807) is 6.20 Å². The Labute approximate surface area is 123 Å². The van der Waals surface area contributed by atoms with Crippen molar-refractivity contribution in [2.45, 2.75) is 13.8 Å². The van der Waals surface area contributed by atoms with Crippen LogP contribution in [-0.2, 0) is 11.8 Å². The van der Waals surface area contributed by atoms with Crippen molar-refractivity contribution in [2.75, 3.05) is 6.54 Å². The van der Waals surface area contributed by atoms with E-state index in [4.69, 9.17) is 5.11 Å². The van der Waals surface area contributed by atoms with Gasteiger partial charge in [-0.2, -0.15) is 0 Å². The monoisotopic (exact) mass is 288 g/mol. The third kappa shape index (κ3) is 3.07. The van der Waals surface area contributed by atoms with Gasteiger partial charge in [0.15, 0.2) is 0 Å². The normalized spacial score (nSPS) is 12.6. The molecule has 21 heavy (non-hydrogen) atoms. The molecule has 1 amide bonds. The molecule has 1 aromatic heterocycles. The van der Waals surface area contributed by atoms with Gasteiger partial charge in [0.2, 0.25) is 0 Å². The van der Waals surface area contributed by atoms with Crippen LogP contribution in [0.1, 0.15) is 24.2 Å². The maximum Gasteiger partial charge on any atom is 0.308 e. The minimum atomic E-state index is -0.886. The van der Waals surface area contributed by atoms with Gasteiger partial charge >= 0.3 is 5.97 Å². The summed E-state index contributed by atoms with van der Waals surface area (Å²) in [5, 5.41) is 12.8. The summed E-state index contributed by atoms with van der Waals surface area (Å²) >= 11 is 0. The number of fused-ring (bicyclic) bond motifs is 1. The van der Waals surface area contributed by atoms with Crippen LogP contribution in [0.4, 0.5) is 0 Å². The SMILES string of the molecule is CC(C)C(CNC(=O)c1cn(C)c2ccccc12)C(=O)O. The van der Waals surface area contributed by atoms with E-state index in [1.807, 2.05) is 49.7 Å². The molecule has 5 heteroatoms. The molecule has 2 aromatic rings. The Morgan fingerprint density at radius 1 is 1.29 bits per heavy atom. The number of aromatic nitrogens is 1. The van der Waals surface area contributed by atoms with Crippen molar-refractivity contribution in [1.82, 2.24) is 9.88 Å². The number of para-hydroxylation sites is 1. The largest absolute Gasteiger partial charge is 0.481 e. The maximum absolute atomic E-state index is 12.3. The van der Waals surface area contributed by atoms with E-state index in [1.165, 1.54) is 0 Å². The van der Waals surface area contributed by atoms with Crippen LogP contribution in [0, 0.1) is 11.8 Å². The van der Waals surface area contributed by atoms with E-state index in [2.05, 4.69) is 5.32 Å². The summed E-state index contributed by atoms with van der Waals surface area (Å²) in [5.41, 5.74) is 1.54. The molecular weight excluding hydrogens is 268 g/mol. The number of benzene rings is 1. The van der Waals surface area contributed by atoms with Crippen LogP contribution in [0.5, 0.6) is 0 Å². The number of hydrogen-bond donors (Lipinski definition) is 2. The second-order valence-electron chi connectivity index (χ2n) is 5.57. The van der Waals surface area contributed by atoms with E-state index < -0.39 is 11.9 Å². The van der Waals surface area contributed by atoms with Crippen LogP contribution in [-0.4, -0.2) is 28.1 Å². The zero-order valence-corrected chi connectivity index (χ0v) is 12.5. The molecule has 0 aliphatic rings. The minimum Gasteiger partial charge on any atom is -0.481 e. The molecular formula is C16H20N2O3. The predicted molar refractivity (Wildman–Crippen MR) is 81.2 cm³/mol. The molecule has 0 radical (unpaired) electrons. The highest BCUT2D eigenvalue weighted by Gasteiger charge is 2.23. The summed E-state index contributed by atoms with van der Waals surface area (Å²) < 4.78 is 1.89. The van der Waals surface area contributed by atoms with Crippen LogP contribution >= 0.6 is 0 Å². The average Bonchev–Trinajstić information content (AvgIpc) is 2.76. The second kappa shape index (κ2) is 5.99. The van der Waals surface area contributed by atoms with Gasteiger partial charge in [-0.1, -0.05) is 32.0 Å². The summed E-state index contributed by atoms with van der Waals surface area (Å²) in [6.45, 7) is 3.81. The van der Waals surface area contributed by atoms with E-state index >= 15 is 0 Å². The van der Waals surface area contributed by atoms with Crippen LogP contribution < -0.4 is 5.32 Å². The third-order valence-electron chi connectivity index (χ3n) is 3.75. The molecule has 0 saturated carbocycles. The number of nitrogens with zero attached hydrogens (tertiary/aromatic N) is 1. The summed E-state index contributed by atoms with van der Waals surface area (Å²) in [5.74, 6) is -1.74. The first-order valence-electron chi connectivity index (χ1n) is 6.97. The Balaban J connectivity index is 2.18. The van der Waals surface area contributed by atoms with Crippen molar-refractivity contribution in [3.05, 3.63) is 36.0 Å². The van der Waals surface area contributed by atoms with Gasteiger partial charge in [-0.05, 0) is 12.0 Å². The number of aryl methyl sites for hydroxylation is 1. The van der Waals surface area contributed by atoms with Gasteiger partial charge in [-0.25, -0.2) is 0 Å². The molecule has 0 spiro atoms. The molecule has 0 fully saturated rings. The number of carboxylic acid groups (broad SMARTS) is 1. The van der Waals surface area contributed by atoms with E-state index in [0.717, 1.165) is 10.9 Å². The number of carbonyl (C=O) groups excluding carboxylic acids is 1. The molecule has 5 nitrogen and oxygen atoms in total. The van der Waals surface area contributed by atoms with Crippen molar-refractivity contribution in [1.29, 1.82) is 0 Å². The van der Waals surface area contributed by atoms with Gasteiger partial charge in [0.1, 0.15) is 0 Å². The molecule has 1 unspecified atom stereocenters.